The van der Waals surface area contributed by atoms with Crippen LogP contribution in [0.4, 0.5) is 0 Å². The highest BCUT2D eigenvalue weighted by Crippen LogP contribution is 2.37. The van der Waals surface area contributed by atoms with Crippen molar-refractivity contribution in [3.63, 3.8) is 0 Å². The van der Waals surface area contributed by atoms with E-state index in [0.29, 0.717) is 6.42 Å². The Morgan fingerprint density at radius 3 is 2.11 bits per heavy atom. The molecule has 1 heterocycles. The van der Waals surface area contributed by atoms with Crippen molar-refractivity contribution in [3.05, 3.63) is 65.2 Å². The van der Waals surface area contributed by atoms with Gasteiger partial charge in [0.1, 0.15) is 5.75 Å². The zero-order valence-corrected chi connectivity index (χ0v) is 16.7. The fourth-order valence-electron chi connectivity index (χ4n) is 3.98. The van der Waals surface area contributed by atoms with Gasteiger partial charge in [0.05, 0.1) is 0 Å². The molecule has 0 spiro atoms. The van der Waals surface area contributed by atoms with Crippen molar-refractivity contribution >= 4 is 5.91 Å². The zero-order chi connectivity index (χ0) is 19.4. The molecule has 1 aliphatic heterocycles. The Balaban J connectivity index is 1.80. The van der Waals surface area contributed by atoms with Crippen LogP contribution in [0.25, 0.3) is 0 Å². The Labute approximate surface area is 163 Å². The molecule has 144 valence electrons. The Bertz CT molecular complexity index is 710. The minimum absolute atomic E-state index is 0.263. The molecule has 1 fully saturated rings. The Kier molecular flexibility index (Phi) is 5.88. The number of rotatable bonds is 5. The molecule has 0 saturated carbocycles. The first kappa shape index (κ1) is 19.5. The molecule has 0 radical (unpaired) electrons. The van der Waals surface area contributed by atoms with Crippen LogP contribution in [0.1, 0.15) is 56.2 Å². The van der Waals surface area contributed by atoms with Crippen molar-refractivity contribution < 1.29 is 9.90 Å². The maximum atomic E-state index is 12.8. The van der Waals surface area contributed by atoms with Gasteiger partial charge in [0.15, 0.2) is 0 Å². The van der Waals surface area contributed by atoms with Crippen LogP contribution >= 0.6 is 0 Å². The number of aryl methyl sites for hydroxylation is 1. The number of aromatic hydroxyl groups is 1. The second kappa shape index (κ2) is 8.16. The zero-order valence-electron chi connectivity index (χ0n) is 16.7. The van der Waals surface area contributed by atoms with Crippen molar-refractivity contribution in [1.82, 2.24) is 4.90 Å². The molecule has 2 aromatic rings. The third-order valence-corrected chi connectivity index (χ3v) is 6.17. The molecule has 27 heavy (non-hydrogen) atoms. The van der Waals surface area contributed by atoms with E-state index in [1.807, 2.05) is 17.0 Å². The van der Waals surface area contributed by atoms with Crippen LogP contribution in [0, 0.1) is 12.8 Å². The van der Waals surface area contributed by atoms with Gasteiger partial charge in [-0.2, -0.15) is 0 Å². The fourth-order valence-corrected chi connectivity index (χ4v) is 3.98. The van der Waals surface area contributed by atoms with Gasteiger partial charge in [-0.3, -0.25) is 4.79 Å². The fraction of sp³-hybridized carbons (Fsp3) is 0.458. The summed E-state index contributed by atoms with van der Waals surface area (Å²) in [4.78, 5) is 14.8. The molecule has 1 amide bonds. The lowest BCUT2D eigenvalue weighted by atomic mass is 9.72. The van der Waals surface area contributed by atoms with Crippen LogP contribution in [-0.2, 0) is 10.2 Å². The summed E-state index contributed by atoms with van der Waals surface area (Å²) in [6.07, 6.45) is 3.52. The van der Waals surface area contributed by atoms with Gasteiger partial charge in [0, 0.05) is 24.9 Å². The second-order valence-electron chi connectivity index (χ2n) is 8.31. The van der Waals surface area contributed by atoms with E-state index in [0.717, 1.165) is 43.8 Å². The van der Waals surface area contributed by atoms with Crippen LogP contribution < -0.4 is 0 Å². The topological polar surface area (TPSA) is 40.5 Å². The van der Waals surface area contributed by atoms with Crippen LogP contribution in [0.15, 0.2) is 48.5 Å². The molecule has 1 unspecified atom stereocenters. The first-order chi connectivity index (χ1) is 12.9. The predicted molar refractivity (Wildman–Crippen MR) is 110 cm³/mol. The summed E-state index contributed by atoms with van der Waals surface area (Å²) in [6, 6.07) is 16.0. The number of hydrogen-bond acceptors (Lipinski definition) is 2. The van der Waals surface area contributed by atoms with E-state index in [2.05, 4.69) is 45.0 Å². The average molecular weight is 366 g/mol. The first-order valence-corrected chi connectivity index (χ1v) is 10.0. The number of hydrogen-bond donors (Lipinski definition) is 1. The molecule has 3 nitrogen and oxygen atoms in total. The number of carbonyl (C=O) groups is 1. The predicted octanol–water partition coefficient (Wildman–Crippen LogP) is 5.05. The van der Waals surface area contributed by atoms with Gasteiger partial charge >= 0.3 is 0 Å². The number of likely N-dealkylation sites (tertiary alicyclic amines) is 1. The highest BCUT2D eigenvalue weighted by atomic mass is 16.3. The summed E-state index contributed by atoms with van der Waals surface area (Å²) in [5.41, 5.74) is 3.30. The maximum Gasteiger partial charge on any atom is 0.222 e. The van der Waals surface area contributed by atoms with Crippen LogP contribution in [0.3, 0.4) is 0 Å². The van der Waals surface area contributed by atoms with E-state index in [-0.39, 0.29) is 17.1 Å². The minimum Gasteiger partial charge on any atom is -0.508 e. The quantitative estimate of drug-likeness (QED) is 0.806. The minimum atomic E-state index is -0.264. The van der Waals surface area contributed by atoms with Crippen molar-refractivity contribution in [2.45, 2.75) is 51.9 Å². The van der Waals surface area contributed by atoms with Crippen LogP contribution in [0.2, 0.25) is 0 Å². The van der Waals surface area contributed by atoms with Crippen LogP contribution in [0.5, 0.6) is 5.75 Å². The molecule has 1 aliphatic rings. The normalized spacial score (nSPS) is 17.5. The summed E-state index contributed by atoms with van der Waals surface area (Å²) in [5.74, 6) is 1.26. The SMILES string of the molecule is Cc1ccc(C(C)(CCC(=O)N2CCC(C)CC2)c2ccc(O)cc2)cc1. The summed E-state index contributed by atoms with van der Waals surface area (Å²) in [7, 11) is 0. The number of benzene rings is 2. The molecule has 1 atom stereocenters. The van der Waals surface area contributed by atoms with E-state index < -0.39 is 0 Å². The summed E-state index contributed by atoms with van der Waals surface area (Å²) in [5, 5.41) is 9.68. The third-order valence-electron chi connectivity index (χ3n) is 6.17. The monoisotopic (exact) mass is 365 g/mol. The average Bonchev–Trinajstić information content (AvgIpc) is 2.67. The molecule has 0 bridgehead atoms. The Morgan fingerprint density at radius 1 is 1.04 bits per heavy atom. The van der Waals surface area contributed by atoms with Crippen molar-refractivity contribution in [2.24, 2.45) is 5.92 Å². The number of amides is 1. The van der Waals surface area contributed by atoms with E-state index in [1.165, 1.54) is 11.1 Å². The maximum absolute atomic E-state index is 12.8. The molecule has 3 heteroatoms. The van der Waals surface area contributed by atoms with Gasteiger partial charge in [-0.05, 0) is 55.4 Å². The van der Waals surface area contributed by atoms with Crippen molar-refractivity contribution in [2.75, 3.05) is 13.1 Å². The highest BCUT2D eigenvalue weighted by molar-refractivity contribution is 5.76. The molecule has 3 rings (SSSR count). The number of carbonyl (C=O) groups excluding carboxylic acids is 1. The summed E-state index contributed by atoms with van der Waals surface area (Å²) >= 11 is 0. The molecule has 1 saturated heterocycles. The van der Waals surface area contributed by atoms with Crippen molar-refractivity contribution in [3.8, 4) is 5.75 Å². The summed E-state index contributed by atoms with van der Waals surface area (Å²) < 4.78 is 0. The standard InChI is InChI=1S/C24H31NO2/c1-18-4-6-20(7-5-18)24(3,21-8-10-22(26)11-9-21)15-12-23(27)25-16-13-19(2)14-17-25/h4-11,19,26H,12-17H2,1-3H3. The lowest BCUT2D eigenvalue weighted by molar-refractivity contribution is -0.132. The number of phenols is 1. The smallest absolute Gasteiger partial charge is 0.222 e. The van der Waals surface area contributed by atoms with Gasteiger partial charge in [0.25, 0.3) is 0 Å². The second-order valence-corrected chi connectivity index (χ2v) is 8.31. The van der Waals surface area contributed by atoms with Crippen LogP contribution in [-0.4, -0.2) is 29.0 Å². The Morgan fingerprint density at radius 2 is 1.56 bits per heavy atom. The molecular formula is C24H31NO2. The Hall–Kier alpha value is -2.29. The lowest BCUT2D eigenvalue weighted by Gasteiger charge is -2.34. The van der Waals surface area contributed by atoms with Gasteiger partial charge in [0.2, 0.25) is 5.91 Å². The molecule has 2 aromatic carbocycles. The molecular weight excluding hydrogens is 334 g/mol. The number of nitrogens with zero attached hydrogens (tertiary/aromatic N) is 1. The van der Waals surface area contributed by atoms with E-state index in [1.54, 1.807) is 12.1 Å². The third kappa shape index (κ3) is 4.52. The highest BCUT2D eigenvalue weighted by Gasteiger charge is 2.31. The lowest BCUT2D eigenvalue weighted by Crippen LogP contribution is -2.38. The summed E-state index contributed by atoms with van der Waals surface area (Å²) in [6.45, 7) is 8.33. The van der Waals surface area contributed by atoms with E-state index in [9.17, 15) is 9.90 Å². The molecule has 1 N–H and O–H groups in total. The van der Waals surface area contributed by atoms with Gasteiger partial charge in [-0.15, -0.1) is 0 Å². The van der Waals surface area contributed by atoms with Crippen molar-refractivity contribution in [1.29, 1.82) is 0 Å². The van der Waals surface area contributed by atoms with E-state index in [4.69, 9.17) is 0 Å². The number of phenolic OH excluding ortho intramolecular Hbond substituents is 1. The van der Waals surface area contributed by atoms with Gasteiger partial charge < -0.3 is 10.0 Å². The largest absolute Gasteiger partial charge is 0.508 e. The van der Waals surface area contributed by atoms with E-state index >= 15 is 0 Å². The number of piperidine rings is 1. The molecule has 0 aliphatic carbocycles. The molecule has 0 aromatic heterocycles. The van der Waals surface area contributed by atoms with Gasteiger partial charge in [-0.25, -0.2) is 0 Å². The van der Waals surface area contributed by atoms with Gasteiger partial charge in [-0.1, -0.05) is 55.8 Å². The first-order valence-electron chi connectivity index (χ1n) is 10.0.